The molecular formula is C21H24N4OS. The maximum absolute atomic E-state index is 12.2. The van der Waals surface area contributed by atoms with E-state index in [-0.39, 0.29) is 11.3 Å². The minimum Gasteiger partial charge on any atom is -0.308 e. The standard InChI is InChI=1S/C21H24N4OS/c1-21(2,3)17-4-6-18(7-5-17)27-15-20(26)23-19-10-13-25(24-19)14-16-8-11-22-12-9-16/h4-13H,14-15H2,1-3H3,(H,23,24,26). The Balaban J connectivity index is 1.49. The maximum atomic E-state index is 12.2. The van der Waals surface area contributed by atoms with Crippen molar-refractivity contribution < 1.29 is 4.79 Å². The number of benzene rings is 1. The van der Waals surface area contributed by atoms with Crippen molar-refractivity contribution in [2.45, 2.75) is 37.6 Å². The first-order valence-electron chi connectivity index (χ1n) is 8.86. The lowest BCUT2D eigenvalue weighted by Gasteiger charge is -2.19. The van der Waals surface area contributed by atoms with Gasteiger partial charge in [0.1, 0.15) is 0 Å². The highest BCUT2D eigenvalue weighted by atomic mass is 32.2. The van der Waals surface area contributed by atoms with E-state index < -0.39 is 0 Å². The van der Waals surface area contributed by atoms with Crippen LogP contribution in [-0.4, -0.2) is 26.4 Å². The van der Waals surface area contributed by atoms with Gasteiger partial charge in [0.2, 0.25) is 5.91 Å². The Morgan fingerprint density at radius 2 is 1.78 bits per heavy atom. The summed E-state index contributed by atoms with van der Waals surface area (Å²) in [5.41, 5.74) is 2.53. The molecule has 2 aromatic heterocycles. The zero-order chi connectivity index (χ0) is 19.3. The number of carbonyl (C=O) groups is 1. The number of pyridine rings is 1. The zero-order valence-electron chi connectivity index (χ0n) is 15.8. The van der Waals surface area contributed by atoms with Crippen molar-refractivity contribution in [2.24, 2.45) is 0 Å². The Hall–Kier alpha value is -2.60. The van der Waals surface area contributed by atoms with Gasteiger partial charge in [0.15, 0.2) is 5.82 Å². The number of nitrogens with zero attached hydrogens (tertiary/aromatic N) is 3. The third-order valence-electron chi connectivity index (χ3n) is 4.09. The number of aromatic nitrogens is 3. The highest BCUT2D eigenvalue weighted by Crippen LogP contribution is 2.25. The van der Waals surface area contributed by atoms with Crippen molar-refractivity contribution in [3.8, 4) is 0 Å². The Labute approximate surface area is 164 Å². The third-order valence-corrected chi connectivity index (χ3v) is 5.10. The predicted molar refractivity (Wildman–Crippen MR) is 110 cm³/mol. The second kappa shape index (κ2) is 8.39. The van der Waals surface area contributed by atoms with E-state index in [4.69, 9.17) is 0 Å². The first-order chi connectivity index (χ1) is 12.9. The average molecular weight is 381 g/mol. The molecule has 140 valence electrons. The Kier molecular flexibility index (Phi) is 5.96. The topological polar surface area (TPSA) is 59.8 Å². The molecule has 0 radical (unpaired) electrons. The van der Waals surface area contributed by atoms with Crippen LogP contribution >= 0.6 is 11.8 Å². The predicted octanol–water partition coefficient (Wildman–Crippen LogP) is 4.35. The van der Waals surface area contributed by atoms with E-state index in [0.29, 0.717) is 18.1 Å². The smallest absolute Gasteiger partial charge is 0.235 e. The number of hydrogen-bond acceptors (Lipinski definition) is 4. The van der Waals surface area contributed by atoms with Gasteiger partial charge in [-0.15, -0.1) is 11.8 Å². The molecule has 27 heavy (non-hydrogen) atoms. The van der Waals surface area contributed by atoms with Crippen LogP contribution in [0.5, 0.6) is 0 Å². The second-order valence-corrected chi connectivity index (χ2v) is 8.41. The zero-order valence-corrected chi connectivity index (χ0v) is 16.7. The molecule has 1 aromatic carbocycles. The van der Waals surface area contributed by atoms with Crippen molar-refractivity contribution in [2.75, 3.05) is 11.1 Å². The molecule has 3 rings (SSSR count). The average Bonchev–Trinajstić information content (AvgIpc) is 3.07. The molecule has 2 heterocycles. The maximum Gasteiger partial charge on any atom is 0.235 e. The van der Waals surface area contributed by atoms with E-state index in [1.54, 1.807) is 17.1 Å². The molecule has 0 unspecified atom stereocenters. The minimum atomic E-state index is -0.0611. The van der Waals surface area contributed by atoms with Gasteiger partial charge in [-0.25, -0.2) is 0 Å². The van der Waals surface area contributed by atoms with Gasteiger partial charge in [0, 0.05) is 29.6 Å². The highest BCUT2D eigenvalue weighted by Gasteiger charge is 2.13. The van der Waals surface area contributed by atoms with E-state index in [9.17, 15) is 4.79 Å². The summed E-state index contributed by atoms with van der Waals surface area (Å²) in [5, 5.41) is 7.24. The van der Waals surface area contributed by atoms with Crippen LogP contribution in [0.3, 0.4) is 0 Å². The molecule has 0 aliphatic heterocycles. The SMILES string of the molecule is CC(C)(C)c1ccc(SCC(=O)Nc2ccn(Cc3ccncc3)n2)cc1. The van der Waals surface area contributed by atoms with Gasteiger partial charge in [-0.1, -0.05) is 32.9 Å². The molecule has 0 fully saturated rings. The number of rotatable bonds is 6. The van der Waals surface area contributed by atoms with E-state index in [1.807, 2.05) is 24.4 Å². The molecule has 0 saturated heterocycles. The van der Waals surface area contributed by atoms with E-state index in [1.165, 1.54) is 17.3 Å². The summed E-state index contributed by atoms with van der Waals surface area (Å²) in [6.07, 6.45) is 5.37. The van der Waals surface area contributed by atoms with Gasteiger partial charge >= 0.3 is 0 Å². The van der Waals surface area contributed by atoms with Crippen LogP contribution < -0.4 is 5.32 Å². The largest absolute Gasteiger partial charge is 0.308 e. The van der Waals surface area contributed by atoms with Crippen LogP contribution in [0.25, 0.3) is 0 Å². The first kappa shape index (κ1) is 19.2. The van der Waals surface area contributed by atoms with E-state index in [2.05, 4.69) is 60.4 Å². The number of nitrogens with one attached hydrogen (secondary N) is 1. The Morgan fingerprint density at radius 3 is 2.44 bits per heavy atom. The lowest BCUT2D eigenvalue weighted by molar-refractivity contribution is -0.113. The van der Waals surface area contributed by atoms with Crippen LogP contribution in [-0.2, 0) is 16.8 Å². The van der Waals surface area contributed by atoms with Gasteiger partial charge in [-0.2, -0.15) is 5.10 Å². The van der Waals surface area contributed by atoms with Crippen LogP contribution in [0.1, 0.15) is 31.9 Å². The van der Waals surface area contributed by atoms with Crippen molar-refractivity contribution in [1.82, 2.24) is 14.8 Å². The Bertz CT molecular complexity index is 883. The monoisotopic (exact) mass is 380 g/mol. The van der Waals surface area contributed by atoms with Gasteiger partial charge in [0.05, 0.1) is 12.3 Å². The number of hydrogen-bond donors (Lipinski definition) is 1. The quantitative estimate of drug-likeness (QED) is 0.646. The number of anilines is 1. The fourth-order valence-corrected chi connectivity index (χ4v) is 3.27. The number of carbonyl (C=O) groups excluding carboxylic acids is 1. The van der Waals surface area contributed by atoms with Gasteiger partial charge in [-0.05, 0) is 40.8 Å². The molecule has 0 spiro atoms. The molecule has 0 aliphatic carbocycles. The molecule has 0 aliphatic rings. The lowest BCUT2D eigenvalue weighted by Crippen LogP contribution is -2.15. The van der Waals surface area contributed by atoms with Crippen molar-refractivity contribution >= 4 is 23.5 Å². The molecule has 1 N–H and O–H groups in total. The molecule has 6 heteroatoms. The molecule has 0 bridgehead atoms. The normalized spacial score (nSPS) is 11.4. The minimum absolute atomic E-state index is 0.0611. The molecule has 3 aromatic rings. The van der Waals surface area contributed by atoms with Crippen LogP contribution in [0.4, 0.5) is 5.82 Å². The first-order valence-corrected chi connectivity index (χ1v) is 9.84. The highest BCUT2D eigenvalue weighted by molar-refractivity contribution is 8.00. The fourth-order valence-electron chi connectivity index (χ4n) is 2.57. The van der Waals surface area contributed by atoms with Crippen LogP contribution in [0, 0.1) is 0 Å². The summed E-state index contributed by atoms with van der Waals surface area (Å²) in [5.74, 6) is 0.860. The van der Waals surface area contributed by atoms with Gasteiger partial charge in [0.25, 0.3) is 0 Å². The van der Waals surface area contributed by atoms with Gasteiger partial charge in [-0.3, -0.25) is 14.5 Å². The summed E-state index contributed by atoms with van der Waals surface area (Å²) in [6, 6.07) is 14.1. The van der Waals surface area contributed by atoms with Gasteiger partial charge < -0.3 is 5.32 Å². The Morgan fingerprint density at radius 1 is 1.07 bits per heavy atom. The van der Waals surface area contributed by atoms with Crippen molar-refractivity contribution in [3.05, 3.63) is 72.2 Å². The summed E-state index contributed by atoms with van der Waals surface area (Å²) >= 11 is 1.52. The number of amides is 1. The third kappa shape index (κ3) is 5.69. The molecule has 1 amide bonds. The van der Waals surface area contributed by atoms with E-state index in [0.717, 1.165) is 10.5 Å². The van der Waals surface area contributed by atoms with Crippen LogP contribution in [0.15, 0.2) is 66.0 Å². The fraction of sp³-hybridized carbons (Fsp3) is 0.286. The summed E-state index contributed by atoms with van der Waals surface area (Å²) in [4.78, 5) is 17.3. The van der Waals surface area contributed by atoms with Crippen molar-refractivity contribution in [3.63, 3.8) is 0 Å². The molecule has 0 saturated carbocycles. The van der Waals surface area contributed by atoms with Crippen molar-refractivity contribution in [1.29, 1.82) is 0 Å². The molecule has 5 nitrogen and oxygen atoms in total. The van der Waals surface area contributed by atoms with E-state index >= 15 is 0 Å². The molecular weight excluding hydrogens is 356 g/mol. The van der Waals surface area contributed by atoms with Crippen LogP contribution in [0.2, 0.25) is 0 Å². The number of thioether (sulfide) groups is 1. The summed E-state index contributed by atoms with van der Waals surface area (Å²) < 4.78 is 1.79. The molecule has 0 atom stereocenters. The lowest BCUT2D eigenvalue weighted by atomic mass is 9.87. The summed E-state index contributed by atoms with van der Waals surface area (Å²) in [6.45, 7) is 7.22. The summed E-state index contributed by atoms with van der Waals surface area (Å²) in [7, 11) is 0. The second-order valence-electron chi connectivity index (χ2n) is 7.37.